The summed E-state index contributed by atoms with van der Waals surface area (Å²) in [5, 5.41) is 11.8. The molecule has 4 heteroatoms. The largest absolute Gasteiger partial charge is 0.480 e. The molecular formula is C20H29NO3. The maximum atomic E-state index is 11.9. The molecule has 0 spiro atoms. The van der Waals surface area contributed by atoms with Gasteiger partial charge >= 0.3 is 5.97 Å². The SMILES string of the molecule is CCCCCCCC/C=C/C(=O)NC(Cc1ccccc1)C(=O)O. The van der Waals surface area contributed by atoms with Gasteiger partial charge < -0.3 is 10.4 Å². The zero-order valence-electron chi connectivity index (χ0n) is 14.5. The number of nitrogens with one attached hydrogen (secondary N) is 1. The average Bonchev–Trinajstić information content (AvgIpc) is 2.57. The quantitative estimate of drug-likeness (QED) is 0.447. The predicted molar refractivity (Wildman–Crippen MR) is 96.8 cm³/mol. The Kier molecular flexibility index (Phi) is 10.3. The first-order chi connectivity index (χ1) is 11.6. The number of carbonyl (C=O) groups is 2. The molecule has 0 bridgehead atoms. The molecule has 0 saturated carbocycles. The van der Waals surface area contributed by atoms with Gasteiger partial charge in [-0.05, 0) is 24.5 Å². The van der Waals surface area contributed by atoms with E-state index in [1.165, 1.54) is 38.2 Å². The van der Waals surface area contributed by atoms with Crippen molar-refractivity contribution in [3.05, 3.63) is 48.0 Å². The molecule has 24 heavy (non-hydrogen) atoms. The van der Waals surface area contributed by atoms with E-state index in [0.29, 0.717) is 0 Å². The van der Waals surface area contributed by atoms with Crippen LogP contribution in [0.3, 0.4) is 0 Å². The van der Waals surface area contributed by atoms with Crippen LogP contribution < -0.4 is 5.32 Å². The number of unbranched alkanes of at least 4 members (excludes halogenated alkanes) is 6. The molecule has 0 aliphatic heterocycles. The van der Waals surface area contributed by atoms with Crippen LogP contribution in [-0.4, -0.2) is 23.0 Å². The van der Waals surface area contributed by atoms with Gasteiger partial charge in [0, 0.05) is 6.42 Å². The lowest BCUT2D eigenvalue weighted by Gasteiger charge is -2.13. The minimum Gasteiger partial charge on any atom is -0.480 e. The van der Waals surface area contributed by atoms with Gasteiger partial charge in [0.25, 0.3) is 0 Å². The number of aliphatic carboxylic acids is 1. The van der Waals surface area contributed by atoms with Gasteiger partial charge in [0.2, 0.25) is 5.91 Å². The fourth-order valence-corrected chi connectivity index (χ4v) is 2.50. The van der Waals surface area contributed by atoms with Crippen LogP contribution in [-0.2, 0) is 16.0 Å². The number of hydrogen-bond donors (Lipinski definition) is 2. The second-order valence-corrected chi connectivity index (χ2v) is 6.05. The van der Waals surface area contributed by atoms with E-state index in [4.69, 9.17) is 0 Å². The minimum atomic E-state index is -1.02. The van der Waals surface area contributed by atoms with Gasteiger partial charge in [-0.15, -0.1) is 0 Å². The number of allylic oxidation sites excluding steroid dienone is 1. The summed E-state index contributed by atoms with van der Waals surface area (Å²) >= 11 is 0. The average molecular weight is 331 g/mol. The van der Waals surface area contributed by atoms with Crippen molar-refractivity contribution in [2.75, 3.05) is 0 Å². The number of hydrogen-bond acceptors (Lipinski definition) is 2. The molecule has 0 heterocycles. The van der Waals surface area contributed by atoms with Crippen molar-refractivity contribution < 1.29 is 14.7 Å². The zero-order valence-corrected chi connectivity index (χ0v) is 14.5. The van der Waals surface area contributed by atoms with Crippen LogP contribution in [0.25, 0.3) is 0 Å². The van der Waals surface area contributed by atoms with Gasteiger partial charge in [0.15, 0.2) is 0 Å². The molecule has 1 atom stereocenters. The Morgan fingerprint density at radius 3 is 2.42 bits per heavy atom. The molecule has 1 rings (SSSR count). The zero-order chi connectivity index (χ0) is 17.6. The Morgan fingerprint density at radius 2 is 1.75 bits per heavy atom. The summed E-state index contributed by atoms with van der Waals surface area (Å²) in [5.41, 5.74) is 0.890. The fourth-order valence-electron chi connectivity index (χ4n) is 2.50. The van der Waals surface area contributed by atoms with E-state index in [9.17, 15) is 14.7 Å². The number of benzene rings is 1. The number of carboxylic acid groups (broad SMARTS) is 1. The molecule has 0 aromatic heterocycles. The molecule has 0 radical (unpaired) electrons. The smallest absolute Gasteiger partial charge is 0.326 e. The van der Waals surface area contributed by atoms with Gasteiger partial charge in [0.1, 0.15) is 6.04 Å². The highest BCUT2D eigenvalue weighted by Crippen LogP contribution is 2.07. The first-order valence-electron chi connectivity index (χ1n) is 8.87. The van der Waals surface area contributed by atoms with Crippen LogP contribution in [0.15, 0.2) is 42.5 Å². The Hall–Kier alpha value is -2.10. The van der Waals surface area contributed by atoms with E-state index in [1.807, 2.05) is 36.4 Å². The van der Waals surface area contributed by atoms with Crippen molar-refractivity contribution in [1.82, 2.24) is 5.32 Å². The van der Waals surface area contributed by atoms with Crippen molar-refractivity contribution in [3.8, 4) is 0 Å². The summed E-state index contributed by atoms with van der Waals surface area (Å²) in [4.78, 5) is 23.2. The van der Waals surface area contributed by atoms with Crippen molar-refractivity contribution in [2.45, 2.75) is 64.3 Å². The van der Waals surface area contributed by atoms with Gasteiger partial charge in [-0.25, -0.2) is 4.79 Å². The lowest BCUT2D eigenvalue weighted by Crippen LogP contribution is -2.41. The van der Waals surface area contributed by atoms with Gasteiger partial charge in [0.05, 0.1) is 0 Å². The van der Waals surface area contributed by atoms with Crippen LogP contribution in [0.5, 0.6) is 0 Å². The molecule has 1 aromatic rings. The number of rotatable bonds is 12. The van der Waals surface area contributed by atoms with E-state index >= 15 is 0 Å². The maximum absolute atomic E-state index is 11.9. The van der Waals surface area contributed by atoms with E-state index in [0.717, 1.165) is 18.4 Å². The molecule has 2 N–H and O–H groups in total. The summed E-state index contributed by atoms with van der Waals surface area (Å²) in [6.45, 7) is 2.20. The molecule has 4 nitrogen and oxygen atoms in total. The summed E-state index contributed by atoms with van der Waals surface area (Å²) in [6, 6.07) is 8.40. The third-order valence-corrected chi connectivity index (χ3v) is 3.89. The highest BCUT2D eigenvalue weighted by atomic mass is 16.4. The monoisotopic (exact) mass is 331 g/mol. The Morgan fingerprint density at radius 1 is 1.08 bits per heavy atom. The van der Waals surface area contributed by atoms with Crippen LogP contribution in [0.4, 0.5) is 0 Å². The third-order valence-electron chi connectivity index (χ3n) is 3.89. The number of carbonyl (C=O) groups excluding carboxylic acids is 1. The van der Waals surface area contributed by atoms with Crippen molar-refractivity contribution >= 4 is 11.9 Å². The summed E-state index contributed by atoms with van der Waals surface area (Å²) in [5.74, 6) is -1.36. The topological polar surface area (TPSA) is 66.4 Å². The summed E-state index contributed by atoms with van der Waals surface area (Å²) in [6.07, 6.45) is 11.7. The normalized spacial score (nSPS) is 12.2. The molecule has 0 saturated heterocycles. The third kappa shape index (κ3) is 9.13. The van der Waals surface area contributed by atoms with Crippen LogP contribution in [0.2, 0.25) is 0 Å². The molecule has 1 amide bonds. The van der Waals surface area contributed by atoms with Crippen molar-refractivity contribution in [1.29, 1.82) is 0 Å². The molecule has 132 valence electrons. The van der Waals surface area contributed by atoms with Crippen LogP contribution >= 0.6 is 0 Å². The maximum Gasteiger partial charge on any atom is 0.326 e. The summed E-state index contributed by atoms with van der Waals surface area (Å²) in [7, 11) is 0. The highest BCUT2D eigenvalue weighted by molar-refractivity contribution is 5.91. The predicted octanol–water partition coefficient (Wildman–Crippen LogP) is 4.11. The second-order valence-electron chi connectivity index (χ2n) is 6.05. The summed E-state index contributed by atoms with van der Waals surface area (Å²) < 4.78 is 0. The van der Waals surface area contributed by atoms with Gasteiger partial charge in [-0.3, -0.25) is 4.79 Å². The first kappa shape index (κ1) is 19.9. The standard InChI is InChI=1S/C20H29NO3/c1-2-3-4-5-6-7-8-12-15-19(22)21-18(20(23)24)16-17-13-10-9-11-14-17/h9-15,18H,2-8,16H2,1H3,(H,21,22)(H,23,24)/b15-12+. The molecule has 0 fully saturated rings. The molecular weight excluding hydrogens is 302 g/mol. The van der Waals surface area contributed by atoms with Crippen molar-refractivity contribution in [3.63, 3.8) is 0 Å². The lowest BCUT2D eigenvalue weighted by molar-refractivity contribution is -0.141. The second kappa shape index (κ2) is 12.3. The fraction of sp³-hybridized carbons (Fsp3) is 0.500. The van der Waals surface area contributed by atoms with E-state index in [1.54, 1.807) is 0 Å². The number of amides is 1. The molecule has 1 unspecified atom stereocenters. The van der Waals surface area contributed by atoms with Crippen LogP contribution in [0, 0.1) is 0 Å². The highest BCUT2D eigenvalue weighted by Gasteiger charge is 2.19. The van der Waals surface area contributed by atoms with Crippen molar-refractivity contribution in [2.24, 2.45) is 0 Å². The Balaban J connectivity index is 2.30. The molecule has 1 aromatic carbocycles. The Labute approximate surface area is 145 Å². The first-order valence-corrected chi connectivity index (χ1v) is 8.87. The van der Waals surface area contributed by atoms with E-state index in [-0.39, 0.29) is 12.3 Å². The number of carboxylic acids is 1. The van der Waals surface area contributed by atoms with Gasteiger partial charge in [-0.1, -0.05) is 75.4 Å². The van der Waals surface area contributed by atoms with Gasteiger partial charge in [-0.2, -0.15) is 0 Å². The Bertz CT molecular complexity index is 511. The minimum absolute atomic E-state index is 0.285. The lowest BCUT2D eigenvalue weighted by atomic mass is 10.1. The molecule has 0 aliphatic carbocycles. The van der Waals surface area contributed by atoms with E-state index in [2.05, 4.69) is 12.2 Å². The van der Waals surface area contributed by atoms with Crippen LogP contribution in [0.1, 0.15) is 57.4 Å². The van der Waals surface area contributed by atoms with E-state index < -0.39 is 12.0 Å². The molecule has 0 aliphatic rings.